The summed E-state index contributed by atoms with van der Waals surface area (Å²) in [6, 6.07) is 18.6. The van der Waals surface area contributed by atoms with Crippen LogP contribution in [-0.4, -0.2) is 84.5 Å². The van der Waals surface area contributed by atoms with Gasteiger partial charge < -0.3 is 46.6 Å². The zero-order valence-corrected chi connectivity index (χ0v) is 33.6. The molecule has 0 aliphatic carbocycles. The third kappa shape index (κ3) is 9.77. The van der Waals surface area contributed by atoms with Crippen molar-refractivity contribution in [2.75, 3.05) is 49.2 Å². The van der Waals surface area contributed by atoms with Gasteiger partial charge in [0.25, 0.3) is 6.33 Å². The normalized spacial score (nSPS) is 19.5. The Labute approximate surface area is 339 Å². The Kier molecular flexibility index (Phi) is 13.4. The molecule has 0 amide bonds. The monoisotopic (exact) mass is 846 g/mol. The second-order valence-corrected chi connectivity index (χ2v) is 15.7. The highest BCUT2D eigenvalue weighted by Crippen LogP contribution is 2.42. The van der Waals surface area contributed by atoms with Gasteiger partial charge in [-0.05, 0) is 74.4 Å². The maximum atomic E-state index is 15.2. The first kappa shape index (κ1) is 42.9. The number of nitrogens with zero attached hydrogens (tertiary/aromatic N) is 8. The molecule has 312 valence electrons. The van der Waals surface area contributed by atoms with Gasteiger partial charge in [-0.3, -0.25) is 4.52 Å². The van der Waals surface area contributed by atoms with Crippen LogP contribution in [-0.2, 0) is 32.7 Å². The van der Waals surface area contributed by atoms with Crippen molar-refractivity contribution in [3.8, 4) is 11.4 Å². The van der Waals surface area contributed by atoms with E-state index in [-0.39, 0.29) is 55.4 Å². The van der Waals surface area contributed by atoms with Gasteiger partial charge in [-0.2, -0.15) is 5.10 Å². The Morgan fingerprint density at radius 1 is 0.983 bits per heavy atom. The first-order valence-electron chi connectivity index (χ1n) is 18.7. The lowest BCUT2D eigenvalue weighted by Gasteiger charge is -2.37. The predicted molar refractivity (Wildman–Crippen MR) is 203 cm³/mol. The fraction of sp³-hybridized carbons (Fsp3) is 0.421. The van der Waals surface area contributed by atoms with Gasteiger partial charge in [0, 0.05) is 60.2 Å². The molecule has 4 atom stereocenters. The number of aliphatic hydroxyl groups excluding tert-OH is 1. The zero-order valence-electron chi connectivity index (χ0n) is 31.9. The molecule has 2 aliphatic rings. The maximum absolute atomic E-state index is 15.2. The van der Waals surface area contributed by atoms with Crippen LogP contribution in [0, 0.1) is 17.6 Å². The van der Waals surface area contributed by atoms with Gasteiger partial charge >= 0.3 is 13.5 Å². The van der Waals surface area contributed by atoms with Crippen LogP contribution in [0.2, 0.25) is 0 Å². The van der Waals surface area contributed by atoms with Crippen molar-refractivity contribution >= 4 is 19.2 Å². The highest BCUT2D eigenvalue weighted by Gasteiger charge is 2.46. The average Bonchev–Trinajstić information content (AvgIpc) is 3.92. The molecule has 5 aromatic rings. The van der Waals surface area contributed by atoms with E-state index in [9.17, 15) is 18.9 Å². The second kappa shape index (κ2) is 18.1. The second-order valence-electron chi connectivity index (χ2n) is 14.4. The molecule has 2 aromatic heterocycles. The molecular formula is C38H46ClF2N8O8P. The van der Waals surface area contributed by atoms with Crippen LogP contribution in [0.3, 0.4) is 0 Å². The van der Waals surface area contributed by atoms with Crippen molar-refractivity contribution in [2.24, 2.45) is 5.92 Å². The summed E-state index contributed by atoms with van der Waals surface area (Å²) >= 11 is 0. The lowest BCUT2D eigenvalue weighted by molar-refractivity contribution is -0.726. The Morgan fingerprint density at radius 2 is 1.62 bits per heavy atom. The van der Waals surface area contributed by atoms with E-state index in [4.69, 9.17) is 19.3 Å². The number of aromatic nitrogens is 6. The molecule has 2 fully saturated rings. The largest absolute Gasteiger partial charge is 1.00 e. The molecular weight excluding hydrogens is 801 g/mol. The molecule has 4 heterocycles. The van der Waals surface area contributed by atoms with Crippen LogP contribution in [0.5, 0.6) is 5.75 Å². The van der Waals surface area contributed by atoms with Crippen LogP contribution in [0.4, 0.5) is 20.2 Å². The molecule has 0 radical (unpaired) electrons. The number of phosphoric acid groups is 1. The molecule has 2 saturated heterocycles. The van der Waals surface area contributed by atoms with Crippen molar-refractivity contribution in [3.63, 3.8) is 0 Å². The summed E-state index contributed by atoms with van der Waals surface area (Å²) in [5.41, 5.74) is 1.49. The SMILES string of the molecule is CC[C@@H]([C@H](C)O)n1ncn(-c2ccc(N3CCN(c4ccc(OC[C@@H]5CO[C@@](Cn6c[n+](COP(=O)(O)O)cn6)(c6ccc(F)cc6F)C5)cc4)CC3)cc2)c1=O.[Cl-]. The predicted octanol–water partition coefficient (Wildman–Crippen LogP) is 0.537. The van der Waals surface area contributed by atoms with Gasteiger partial charge in [0.2, 0.25) is 6.33 Å². The van der Waals surface area contributed by atoms with E-state index < -0.39 is 37.9 Å². The number of anilines is 2. The molecule has 0 saturated carbocycles. The fourth-order valence-electron chi connectivity index (χ4n) is 7.58. The third-order valence-electron chi connectivity index (χ3n) is 10.5. The minimum atomic E-state index is -4.70. The van der Waals surface area contributed by atoms with E-state index in [1.54, 1.807) is 6.92 Å². The number of ether oxygens (including phenoxy) is 2. The number of hydrogen-bond acceptors (Lipinski definition) is 10. The van der Waals surface area contributed by atoms with Gasteiger partial charge in [0.05, 0.1) is 31.0 Å². The van der Waals surface area contributed by atoms with Gasteiger partial charge in [-0.1, -0.05) is 13.0 Å². The fourth-order valence-corrected chi connectivity index (χ4v) is 7.86. The van der Waals surface area contributed by atoms with Crippen LogP contribution in [0.15, 0.2) is 90.5 Å². The van der Waals surface area contributed by atoms with Gasteiger partial charge in [-0.25, -0.2) is 32.0 Å². The summed E-state index contributed by atoms with van der Waals surface area (Å²) < 4.78 is 62.8. The Bertz CT molecular complexity index is 2250. The first-order chi connectivity index (χ1) is 27.3. The topological polar surface area (TPSA) is 173 Å². The number of phosphoric ester groups is 1. The van der Waals surface area contributed by atoms with Crippen LogP contribution in [0.1, 0.15) is 38.3 Å². The van der Waals surface area contributed by atoms with Gasteiger partial charge in [0.15, 0.2) is 6.73 Å². The van der Waals surface area contributed by atoms with Crippen molar-refractivity contribution in [2.45, 2.75) is 57.7 Å². The molecule has 7 rings (SSSR count). The maximum Gasteiger partial charge on any atom is 0.472 e. The number of aliphatic hydroxyl groups is 1. The van der Waals surface area contributed by atoms with Gasteiger partial charge in [-0.15, -0.1) is 4.68 Å². The van der Waals surface area contributed by atoms with Crippen molar-refractivity contribution in [3.05, 3.63) is 113 Å². The highest BCUT2D eigenvalue weighted by molar-refractivity contribution is 7.46. The van der Waals surface area contributed by atoms with Crippen molar-refractivity contribution < 1.29 is 59.2 Å². The molecule has 0 bridgehead atoms. The summed E-state index contributed by atoms with van der Waals surface area (Å²) in [6.45, 7) is 6.92. The smallest absolute Gasteiger partial charge is 0.472 e. The van der Waals surface area contributed by atoms with E-state index in [1.165, 1.54) is 49.6 Å². The molecule has 16 nitrogen and oxygen atoms in total. The summed E-state index contributed by atoms with van der Waals surface area (Å²) in [4.78, 5) is 35.7. The van der Waals surface area contributed by atoms with E-state index in [1.807, 2.05) is 55.5 Å². The van der Waals surface area contributed by atoms with Crippen LogP contribution in [0.25, 0.3) is 5.69 Å². The molecule has 20 heteroatoms. The van der Waals surface area contributed by atoms with E-state index in [0.29, 0.717) is 24.3 Å². The van der Waals surface area contributed by atoms with Crippen LogP contribution < -0.4 is 37.2 Å². The Morgan fingerprint density at radius 3 is 2.22 bits per heavy atom. The Balaban J connectivity index is 0.00000567. The van der Waals surface area contributed by atoms with E-state index >= 15 is 4.39 Å². The highest BCUT2D eigenvalue weighted by atomic mass is 35.5. The zero-order chi connectivity index (χ0) is 40.3. The van der Waals surface area contributed by atoms with E-state index in [2.05, 4.69) is 24.5 Å². The molecule has 2 aliphatic heterocycles. The minimum Gasteiger partial charge on any atom is -1.00 e. The average molecular weight is 847 g/mol. The lowest BCUT2D eigenvalue weighted by Crippen LogP contribution is -3.00. The molecule has 58 heavy (non-hydrogen) atoms. The quantitative estimate of drug-likeness (QED) is 0.0989. The number of piperazine rings is 1. The number of rotatable bonds is 15. The molecule has 0 spiro atoms. The first-order valence-corrected chi connectivity index (χ1v) is 20.2. The van der Waals surface area contributed by atoms with Crippen molar-refractivity contribution in [1.29, 1.82) is 0 Å². The molecule has 3 N–H and O–H groups in total. The van der Waals surface area contributed by atoms with Crippen LogP contribution >= 0.6 is 7.82 Å². The summed E-state index contributed by atoms with van der Waals surface area (Å²) in [6.07, 6.45) is 4.49. The number of benzene rings is 3. The van der Waals surface area contributed by atoms with Gasteiger partial charge in [0.1, 0.15) is 35.9 Å². The lowest BCUT2D eigenvalue weighted by atomic mass is 9.87. The third-order valence-corrected chi connectivity index (χ3v) is 11.0. The number of halogens is 3. The Hall–Kier alpha value is -4.68. The molecule has 0 unspecified atom stereocenters. The summed E-state index contributed by atoms with van der Waals surface area (Å²) in [5.74, 6) is -0.943. The van der Waals surface area contributed by atoms with Crippen molar-refractivity contribution in [1.82, 2.24) is 24.1 Å². The number of hydrogen-bond donors (Lipinski definition) is 3. The molecule has 3 aromatic carbocycles. The van der Waals surface area contributed by atoms with E-state index in [0.717, 1.165) is 43.6 Å². The minimum absolute atomic E-state index is 0. The summed E-state index contributed by atoms with van der Waals surface area (Å²) in [7, 11) is -4.70. The summed E-state index contributed by atoms with van der Waals surface area (Å²) in [5, 5.41) is 18.5. The standard InChI is InChI=1S/C38H45F2N8O8P.ClH/c1-3-36(27(2)49)48-37(50)47(24-42-48)32-7-5-30(6-8-32)44-14-16-45(17-15-44)31-9-11-33(12-10-31)54-20-28-19-38(55-21-28,34-13-4-29(39)18-35(34)40)22-46-25-43(23-41-46)26-56-57(51,52)53;/h4-13,18,23-25,27-28,36,49H,3,14-17,19-22,26H2,1-2H3,(H-,51,52,53);1H/t27-,28+,36-,38-;/m0./s1.